The molecule has 2 rings (SSSR count). The third kappa shape index (κ3) is 5.40. The van der Waals surface area contributed by atoms with Crippen molar-refractivity contribution in [1.82, 2.24) is 15.3 Å². The third-order valence-corrected chi connectivity index (χ3v) is 3.46. The van der Waals surface area contributed by atoms with Gasteiger partial charge in [0.1, 0.15) is 17.5 Å². The van der Waals surface area contributed by atoms with Crippen molar-refractivity contribution in [2.45, 2.75) is 6.92 Å². The molecule has 0 aliphatic rings. The van der Waals surface area contributed by atoms with Gasteiger partial charge in [-0.1, -0.05) is 18.7 Å². The monoisotopic (exact) mass is 368 g/mol. The number of allylic oxidation sites excluding steroid dienone is 3. The molecule has 5 N–H and O–H groups in total. The molecule has 0 unspecified atom stereocenters. The summed E-state index contributed by atoms with van der Waals surface area (Å²) >= 11 is 0. The average Bonchev–Trinajstić information content (AvgIpc) is 2.67. The lowest BCUT2D eigenvalue weighted by Gasteiger charge is -2.15. The van der Waals surface area contributed by atoms with Gasteiger partial charge in [0.25, 0.3) is 5.91 Å². The molecule has 0 fully saturated rings. The maximum absolute atomic E-state index is 13.0. The Kier molecular flexibility index (Phi) is 6.65. The Morgan fingerprint density at radius 2 is 2.00 bits per heavy atom. The van der Waals surface area contributed by atoms with Gasteiger partial charge < -0.3 is 21.7 Å². The van der Waals surface area contributed by atoms with Crippen molar-refractivity contribution in [1.29, 1.82) is 0 Å². The number of hydrogen-bond acceptors (Lipinski definition) is 6. The van der Waals surface area contributed by atoms with Gasteiger partial charge in [0.2, 0.25) is 0 Å². The van der Waals surface area contributed by atoms with Crippen LogP contribution in [-0.4, -0.2) is 22.9 Å². The highest BCUT2D eigenvalue weighted by Gasteiger charge is 2.13. The van der Waals surface area contributed by atoms with E-state index in [0.717, 1.165) is 6.20 Å². The number of halogens is 1. The zero-order chi connectivity index (χ0) is 19.8. The number of amides is 1. The van der Waals surface area contributed by atoms with Crippen molar-refractivity contribution in [3.05, 3.63) is 78.2 Å². The Hall–Kier alpha value is -3.68. The van der Waals surface area contributed by atoms with Crippen molar-refractivity contribution >= 4 is 23.2 Å². The molecule has 0 spiro atoms. The second-order valence-electron chi connectivity index (χ2n) is 5.43. The Morgan fingerprint density at radius 1 is 1.26 bits per heavy atom. The first-order valence-corrected chi connectivity index (χ1v) is 8.10. The summed E-state index contributed by atoms with van der Waals surface area (Å²) in [5.74, 6) is 0.0627. The first kappa shape index (κ1) is 19.6. The van der Waals surface area contributed by atoms with E-state index in [1.165, 1.54) is 25.4 Å². The molecular formula is C19H21FN6O. The van der Waals surface area contributed by atoms with Crippen LogP contribution in [0.3, 0.4) is 0 Å². The second kappa shape index (κ2) is 9.14. The predicted molar refractivity (Wildman–Crippen MR) is 105 cm³/mol. The highest BCUT2D eigenvalue weighted by atomic mass is 19.1. The summed E-state index contributed by atoms with van der Waals surface area (Å²) in [5.41, 5.74) is 7.57. The number of nitrogens with one attached hydrogen (secondary N) is 3. The molecule has 0 bridgehead atoms. The first-order valence-electron chi connectivity index (χ1n) is 8.10. The lowest BCUT2D eigenvalue weighted by molar-refractivity contribution is 0.0963. The Morgan fingerprint density at radius 3 is 2.63 bits per heavy atom. The fraction of sp³-hybridized carbons (Fsp3) is 0.105. The van der Waals surface area contributed by atoms with E-state index in [1.807, 2.05) is 13.0 Å². The van der Waals surface area contributed by atoms with Gasteiger partial charge in [-0.15, -0.1) is 0 Å². The highest BCUT2D eigenvalue weighted by molar-refractivity contribution is 6.00. The molecule has 1 amide bonds. The quantitative estimate of drug-likeness (QED) is 0.560. The Bertz CT molecular complexity index is 890. The average molecular weight is 368 g/mol. The van der Waals surface area contributed by atoms with Crippen LogP contribution in [0.4, 0.5) is 21.7 Å². The van der Waals surface area contributed by atoms with Gasteiger partial charge in [-0.05, 0) is 25.1 Å². The van der Waals surface area contributed by atoms with Gasteiger partial charge in [-0.3, -0.25) is 4.79 Å². The van der Waals surface area contributed by atoms with E-state index >= 15 is 0 Å². The maximum atomic E-state index is 13.0. The van der Waals surface area contributed by atoms with Gasteiger partial charge in [0, 0.05) is 19.3 Å². The second-order valence-corrected chi connectivity index (χ2v) is 5.43. The van der Waals surface area contributed by atoms with Crippen molar-refractivity contribution in [2.24, 2.45) is 5.73 Å². The standard InChI is InChI=1S/C19H21FN6O/c1-4-5-6-15(21)12(2)25-16-9-18(24-11-14(16)19(27)22-3)26-17-8-7-13(20)10-23-17/h4-11H,2,21H2,1,3H3,(H,22,27)(H2,23,24,25,26)/b5-4-,15-6+. The summed E-state index contributed by atoms with van der Waals surface area (Å²) in [6.07, 6.45) is 7.81. The van der Waals surface area contributed by atoms with E-state index in [0.29, 0.717) is 34.3 Å². The van der Waals surface area contributed by atoms with Gasteiger partial charge in [0.05, 0.1) is 28.8 Å². The van der Waals surface area contributed by atoms with Crippen LogP contribution in [0.15, 0.2) is 66.8 Å². The maximum Gasteiger partial charge on any atom is 0.254 e. The van der Waals surface area contributed by atoms with Crippen LogP contribution in [0.1, 0.15) is 17.3 Å². The largest absolute Gasteiger partial charge is 0.397 e. The van der Waals surface area contributed by atoms with Gasteiger partial charge in [0.15, 0.2) is 0 Å². The van der Waals surface area contributed by atoms with Crippen LogP contribution in [-0.2, 0) is 0 Å². The summed E-state index contributed by atoms with van der Waals surface area (Å²) in [5, 5.41) is 8.53. The number of pyridine rings is 2. The molecule has 7 nitrogen and oxygen atoms in total. The number of anilines is 3. The molecule has 2 aromatic rings. The minimum atomic E-state index is -0.439. The normalized spacial score (nSPS) is 11.3. The van der Waals surface area contributed by atoms with E-state index in [9.17, 15) is 9.18 Å². The molecule has 0 radical (unpaired) electrons. The van der Waals surface area contributed by atoms with Crippen LogP contribution in [0.25, 0.3) is 0 Å². The van der Waals surface area contributed by atoms with Crippen LogP contribution >= 0.6 is 0 Å². The van der Waals surface area contributed by atoms with E-state index in [-0.39, 0.29) is 5.91 Å². The number of aromatic nitrogens is 2. The van der Waals surface area contributed by atoms with Gasteiger partial charge >= 0.3 is 0 Å². The van der Waals surface area contributed by atoms with Crippen LogP contribution in [0.5, 0.6) is 0 Å². The van der Waals surface area contributed by atoms with E-state index in [2.05, 4.69) is 32.5 Å². The topological polar surface area (TPSA) is 105 Å². The zero-order valence-electron chi connectivity index (χ0n) is 15.1. The minimum Gasteiger partial charge on any atom is -0.397 e. The zero-order valence-corrected chi connectivity index (χ0v) is 15.1. The van der Waals surface area contributed by atoms with E-state index < -0.39 is 5.82 Å². The number of nitrogens with two attached hydrogens (primary N) is 1. The number of carbonyl (C=O) groups excluding carboxylic acids is 1. The Labute approximate surface area is 156 Å². The Balaban J connectivity index is 2.32. The number of carbonyl (C=O) groups is 1. The van der Waals surface area contributed by atoms with E-state index in [4.69, 9.17) is 5.73 Å². The smallest absolute Gasteiger partial charge is 0.254 e. The molecule has 140 valence electrons. The van der Waals surface area contributed by atoms with Crippen molar-refractivity contribution in [3.63, 3.8) is 0 Å². The molecule has 0 atom stereocenters. The van der Waals surface area contributed by atoms with Crippen LogP contribution < -0.4 is 21.7 Å². The fourth-order valence-electron chi connectivity index (χ4n) is 2.06. The van der Waals surface area contributed by atoms with Gasteiger partial charge in [-0.2, -0.15) is 0 Å². The highest BCUT2D eigenvalue weighted by Crippen LogP contribution is 2.23. The molecule has 2 aromatic heterocycles. The SMILES string of the molecule is C=C(Nc1cc(Nc2ccc(F)cn2)ncc1C(=O)NC)/C(N)=C\C=C/C. The van der Waals surface area contributed by atoms with Gasteiger partial charge in [-0.25, -0.2) is 14.4 Å². The van der Waals surface area contributed by atoms with E-state index in [1.54, 1.807) is 18.2 Å². The predicted octanol–water partition coefficient (Wildman–Crippen LogP) is 3.06. The summed E-state index contributed by atoms with van der Waals surface area (Å²) in [6, 6.07) is 4.37. The summed E-state index contributed by atoms with van der Waals surface area (Å²) in [7, 11) is 1.52. The first-order chi connectivity index (χ1) is 12.9. The molecule has 0 aliphatic carbocycles. The number of nitrogens with zero attached hydrogens (tertiary/aromatic N) is 2. The minimum absolute atomic E-state index is 0.315. The molecule has 27 heavy (non-hydrogen) atoms. The van der Waals surface area contributed by atoms with Crippen molar-refractivity contribution in [3.8, 4) is 0 Å². The van der Waals surface area contributed by atoms with Crippen molar-refractivity contribution < 1.29 is 9.18 Å². The van der Waals surface area contributed by atoms with Crippen LogP contribution in [0.2, 0.25) is 0 Å². The molecule has 0 saturated carbocycles. The molecule has 8 heteroatoms. The lowest BCUT2D eigenvalue weighted by atomic mass is 10.2. The molecular weight excluding hydrogens is 347 g/mol. The summed E-state index contributed by atoms with van der Waals surface area (Å²) < 4.78 is 13.0. The number of rotatable bonds is 7. The summed E-state index contributed by atoms with van der Waals surface area (Å²) in [4.78, 5) is 20.2. The van der Waals surface area contributed by atoms with Crippen LogP contribution in [0, 0.1) is 5.82 Å². The third-order valence-electron chi connectivity index (χ3n) is 3.46. The molecule has 0 aromatic carbocycles. The lowest BCUT2D eigenvalue weighted by Crippen LogP contribution is -2.20. The van der Waals surface area contributed by atoms with Crippen molar-refractivity contribution in [2.75, 3.05) is 17.7 Å². The molecule has 0 saturated heterocycles. The molecule has 2 heterocycles. The summed E-state index contributed by atoms with van der Waals surface area (Å²) in [6.45, 7) is 5.76. The molecule has 0 aliphatic heterocycles. The fourth-order valence-corrected chi connectivity index (χ4v) is 2.06. The number of hydrogen-bond donors (Lipinski definition) is 4.